The number of nitrogens with one attached hydrogen (secondary N) is 1. The minimum atomic E-state index is 0.536. The Balaban J connectivity index is 2.15. The van der Waals surface area contributed by atoms with Gasteiger partial charge < -0.3 is 5.32 Å². The van der Waals surface area contributed by atoms with Gasteiger partial charge in [0.15, 0.2) is 0 Å². The number of nitrogens with zero attached hydrogens (tertiary/aromatic N) is 1. The average molecular weight is 236 g/mol. The summed E-state index contributed by atoms with van der Waals surface area (Å²) < 4.78 is 0. The van der Waals surface area contributed by atoms with Gasteiger partial charge >= 0.3 is 0 Å². The van der Waals surface area contributed by atoms with Gasteiger partial charge in [-0.1, -0.05) is 13.8 Å². The minimum absolute atomic E-state index is 0.536. The first kappa shape index (κ1) is 13.2. The molecule has 0 bridgehead atoms. The maximum atomic E-state index is 5.19. The fourth-order valence-corrected chi connectivity index (χ4v) is 2.20. The first-order chi connectivity index (χ1) is 7.74. The Kier molecular flexibility index (Phi) is 6.14. The van der Waals surface area contributed by atoms with Crippen molar-refractivity contribution >= 4 is 11.3 Å². The molecule has 0 spiro atoms. The van der Waals surface area contributed by atoms with Crippen molar-refractivity contribution in [1.82, 2.24) is 10.3 Å². The number of rotatable bonds is 7. The highest BCUT2D eigenvalue weighted by atomic mass is 32.1. The highest BCUT2D eigenvalue weighted by Crippen LogP contribution is 2.18. The van der Waals surface area contributed by atoms with E-state index in [-0.39, 0.29) is 0 Å². The Morgan fingerprint density at radius 2 is 2.31 bits per heavy atom. The molecule has 1 N–H and O–H groups in total. The topological polar surface area (TPSA) is 24.9 Å². The third-order valence-electron chi connectivity index (χ3n) is 2.29. The molecular weight excluding hydrogens is 216 g/mol. The standard InChI is InChI=1S/C13H20N2S/c1-4-5-6-7-8-14-9-12-10-16-13(15-12)11(2)3/h1,10-11,14H,5-9H2,2-3H3. The zero-order chi connectivity index (χ0) is 11.8. The van der Waals surface area contributed by atoms with Crippen molar-refractivity contribution in [1.29, 1.82) is 0 Å². The Labute approximate surface area is 102 Å². The SMILES string of the molecule is C#CCCCCNCc1csc(C(C)C)n1. The van der Waals surface area contributed by atoms with E-state index in [9.17, 15) is 0 Å². The van der Waals surface area contributed by atoms with Crippen LogP contribution >= 0.6 is 11.3 Å². The fraction of sp³-hybridized carbons (Fsp3) is 0.615. The number of hydrogen-bond donors (Lipinski definition) is 1. The maximum Gasteiger partial charge on any atom is 0.0954 e. The van der Waals surface area contributed by atoms with E-state index in [1.807, 2.05) is 0 Å². The average Bonchev–Trinajstić information content (AvgIpc) is 2.72. The minimum Gasteiger partial charge on any atom is -0.311 e. The third kappa shape index (κ3) is 4.78. The predicted molar refractivity (Wildman–Crippen MR) is 70.6 cm³/mol. The first-order valence-corrected chi connectivity index (χ1v) is 6.70. The molecule has 0 atom stereocenters. The fourth-order valence-electron chi connectivity index (χ4n) is 1.36. The summed E-state index contributed by atoms with van der Waals surface area (Å²) in [6.45, 7) is 6.25. The van der Waals surface area contributed by atoms with Crippen molar-refractivity contribution in [2.75, 3.05) is 6.54 Å². The van der Waals surface area contributed by atoms with E-state index in [0.717, 1.165) is 38.0 Å². The van der Waals surface area contributed by atoms with E-state index in [4.69, 9.17) is 6.42 Å². The van der Waals surface area contributed by atoms with Crippen LogP contribution in [-0.2, 0) is 6.54 Å². The summed E-state index contributed by atoms with van der Waals surface area (Å²) in [5.41, 5.74) is 1.16. The van der Waals surface area contributed by atoms with Crippen LogP contribution in [0, 0.1) is 12.3 Å². The lowest BCUT2D eigenvalue weighted by Gasteiger charge is -2.01. The van der Waals surface area contributed by atoms with Crippen LogP contribution in [0.15, 0.2) is 5.38 Å². The van der Waals surface area contributed by atoms with Crippen molar-refractivity contribution in [3.63, 3.8) is 0 Å². The van der Waals surface area contributed by atoms with E-state index in [2.05, 4.69) is 35.4 Å². The molecule has 1 aromatic heterocycles. The Morgan fingerprint density at radius 3 is 2.94 bits per heavy atom. The van der Waals surface area contributed by atoms with Crippen LogP contribution < -0.4 is 5.32 Å². The molecule has 88 valence electrons. The molecule has 0 saturated heterocycles. The van der Waals surface area contributed by atoms with Crippen LogP contribution in [0.4, 0.5) is 0 Å². The summed E-state index contributed by atoms with van der Waals surface area (Å²) >= 11 is 1.75. The molecule has 0 radical (unpaired) electrons. The lowest BCUT2D eigenvalue weighted by Crippen LogP contribution is -2.14. The predicted octanol–water partition coefficient (Wildman–Crippen LogP) is 3.16. The van der Waals surface area contributed by atoms with Crippen LogP contribution in [0.5, 0.6) is 0 Å². The normalized spacial score (nSPS) is 10.6. The van der Waals surface area contributed by atoms with Crippen molar-refractivity contribution in [2.45, 2.75) is 45.6 Å². The van der Waals surface area contributed by atoms with Gasteiger partial charge in [0.25, 0.3) is 0 Å². The van der Waals surface area contributed by atoms with Gasteiger partial charge in [0.1, 0.15) is 0 Å². The summed E-state index contributed by atoms with van der Waals surface area (Å²) in [6, 6.07) is 0. The van der Waals surface area contributed by atoms with Crippen molar-refractivity contribution in [3.8, 4) is 12.3 Å². The molecule has 0 amide bonds. The third-order valence-corrected chi connectivity index (χ3v) is 3.49. The molecule has 2 nitrogen and oxygen atoms in total. The van der Waals surface area contributed by atoms with Gasteiger partial charge in [-0.05, 0) is 19.4 Å². The molecule has 1 heterocycles. The Morgan fingerprint density at radius 1 is 1.50 bits per heavy atom. The molecule has 0 aromatic carbocycles. The van der Waals surface area contributed by atoms with Crippen LogP contribution in [-0.4, -0.2) is 11.5 Å². The number of terminal acetylenes is 1. The van der Waals surface area contributed by atoms with Crippen molar-refractivity contribution in [3.05, 3.63) is 16.1 Å². The molecule has 1 aromatic rings. The van der Waals surface area contributed by atoms with Gasteiger partial charge in [0.05, 0.1) is 10.7 Å². The summed E-state index contributed by atoms with van der Waals surface area (Å²) in [4.78, 5) is 4.57. The van der Waals surface area contributed by atoms with Gasteiger partial charge in [-0.2, -0.15) is 0 Å². The summed E-state index contributed by atoms with van der Waals surface area (Å²) in [5, 5.41) is 6.76. The monoisotopic (exact) mass is 236 g/mol. The number of aromatic nitrogens is 1. The first-order valence-electron chi connectivity index (χ1n) is 5.82. The summed E-state index contributed by atoms with van der Waals surface area (Å²) in [6.07, 6.45) is 8.32. The molecule has 0 saturated carbocycles. The largest absolute Gasteiger partial charge is 0.311 e. The number of unbranched alkanes of at least 4 members (excludes halogenated alkanes) is 2. The van der Waals surface area contributed by atoms with E-state index in [0.29, 0.717) is 5.92 Å². The van der Waals surface area contributed by atoms with Crippen LogP contribution in [0.25, 0.3) is 0 Å². The lowest BCUT2D eigenvalue weighted by atomic mass is 10.2. The molecule has 0 unspecified atom stereocenters. The number of hydrogen-bond acceptors (Lipinski definition) is 3. The molecule has 0 aliphatic carbocycles. The van der Waals surface area contributed by atoms with E-state index in [1.54, 1.807) is 11.3 Å². The van der Waals surface area contributed by atoms with Crippen molar-refractivity contribution < 1.29 is 0 Å². The molecule has 0 aliphatic heterocycles. The quantitative estimate of drug-likeness (QED) is 0.581. The zero-order valence-electron chi connectivity index (χ0n) is 10.1. The van der Waals surface area contributed by atoms with Gasteiger partial charge in [-0.25, -0.2) is 4.98 Å². The van der Waals surface area contributed by atoms with Crippen molar-refractivity contribution in [2.24, 2.45) is 0 Å². The van der Waals surface area contributed by atoms with Gasteiger partial charge in [0, 0.05) is 24.3 Å². The second kappa shape index (κ2) is 7.43. The summed E-state index contributed by atoms with van der Waals surface area (Å²) in [7, 11) is 0. The smallest absolute Gasteiger partial charge is 0.0954 e. The molecular formula is C13H20N2S. The second-order valence-electron chi connectivity index (χ2n) is 4.17. The summed E-state index contributed by atoms with van der Waals surface area (Å²) in [5.74, 6) is 3.19. The molecule has 1 rings (SSSR count). The van der Waals surface area contributed by atoms with Gasteiger partial charge in [0.2, 0.25) is 0 Å². The Bertz CT molecular complexity index is 336. The van der Waals surface area contributed by atoms with Gasteiger partial charge in [-0.15, -0.1) is 23.7 Å². The Hall–Kier alpha value is -0.850. The maximum absolute atomic E-state index is 5.19. The van der Waals surface area contributed by atoms with Crippen LogP contribution in [0.1, 0.15) is 49.7 Å². The molecule has 3 heteroatoms. The molecule has 0 fully saturated rings. The van der Waals surface area contributed by atoms with E-state index >= 15 is 0 Å². The second-order valence-corrected chi connectivity index (χ2v) is 5.06. The van der Waals surface area contributed by atoms with Gasteiger partial charge in [-0.3, -0.25) is 0 Å². The van der Waals surface area contributed by atoms with E-state index in [1.165, 1.54) is 5.01 Å². The highest BCUT2D eigenvalue weighted by Gasteiger charge is 2.04. The molecule has 0 aliphatic rings. The highest BCUT2D eigenvalue weighted by molar-refractivity contribution is 7.09. The number of thiazole rings is 1. The van der Waals surface area contributed by atoms with Crippen LogP contribution in [0.3, 0.4) is 0 Å². The molecule has 16 heavy (non-hydrogen) atoms. The van der Waals surface area contributed by atoms with Crippen LogP contribution in [0.2, 0.25) is 0 Å². The zero-order valence-corrected chi connectivity index (χ0v) is 10.9. The van der Waals surface area contributed by atoms with E-state index < -0.39 is 0 Å². The lowest BCUT2D eigenvalue weighted by molar-refractivity contribution is 0.622.